The van der Waals surface area contributed by atoms with E-state index in [2.05, 4.69) is 15.5 Å². The Bertz CT molecular complexity index is 1110. The molecular weight excluding hydrogens is 417 g/mol. The third kappa shape index (κ3) is 3.73. The first-order valence-corrected chi connectivity index (χ1v) is 8.22. The number of nitrogens with zero attached hydrogens (tertiary/aromatic N) is 4. The first-order valence-electron chi connectivity index (χ1n) is 8.22. The topological polar surface area (TPSA) is 102 Å². The van der Waals surface area contributed by atoms with E-state index in [0.717, 1.165) is 21.8 Å². The van der Waals surface area contributed by atoms with Gasteiger partial charge in [-0.1, -0.05) is 0 Å². The molecule has 1 unspecified atom stereocenters. The zero-order valence-electron chi connectivity index (χ0n) is 15.0. The number of halogens is 5. The highest BCUT2D eigenvalue weighted by atomic mass is 19.2. The number of aromatic nitrogens is 4. The molecule has 0 aliphatic rings. The molecule has 0 bridgehead atoms. The Morgan fingerprint density at radius 3 is 2.27 bits per heavy atom. The van der Waals surface area contributed by atoms with Crippen LogP contribution >= 0.6 is 0 Å². The summed E-state index contributed by atoms with van der Waals surface area (Å²) in [7, 11) is 0. The second-order valence-electron chi connectivity index (χ2n) is 6.10. The quantitative estimate of drug-likeness (QED) is 0.357. The number of aliphatic carboxylic acids is 1. The van der Waals surface area contributed by atoms with Crippen molar-refractivity contribution in [3.8, 4) is 0 Å². The molecule has 1 amide bonds. The predicted molar refractivity (Wildman–Crippen MR) is 90.1 cm³/mol. The molecule has 0 radical (unpaired) electrons. The molecule has 8 nitrogen and oxygen atoms in total. The van der Waals surface area contributed by atoms with Gasteiger partial charge in [-0.05, 0) is 13.0 Å². The van der Waals surface area contributed by atoms with Crippen LogP contribution in [0.1, 0.15) is 29.0 Å². The largest absolute Gasteiger partial charge is 0.480 e. The van der Waals surface area contributed by atoms with Crippen molar-refractivity contribution in [1.82, 2.24) is 19.6 Å². The summed E-state index contributed by atoms with van der Waals surface area (Å²) in [6.45, 7) is 0.518. The van der Waals surface area contributed by atoms with Gasteiger partial charge in [-0.25, -0.2) is 31.4 Å². The number of anilines is 1. The van der Waals surface area contributed by atoms with Crippen molar-refractivity contribution >= 4 is 17.6 Å². The Balaban J connectivity index is 1.80. The van der Waals surface area contributed by atoms with Crippen molar-refractivity contribution < 1.29 is 36.6 Å². The smallest absolute Gasteiger partial charge is 0.328 e. The molecule has 30 heavy (non-hydrogen) atoms. The van der Waals surface area contributed by atoms with Gasteiger partial charge in [0.05, 0.1) is 24.0 Å². The minimum absolute atomic E-state index is 0.0274. The van der Waals surface area contributed by atoms with Gasteiger partial charge in [0, 0.05) is 12.4 Å². The van der Waals surface area contributed by atoms with Crippen LogP contribution in [0.3, 0.4) is 0 Å². The fraction of sp³-hybridized carbons (Fsp3) is 0.176. The molecule has 1 aromatic carbocycles. The van der Waals surface area contributed by atoms with E-state index in [0.29, 0.717) is 0 Å². The number of benzene rings is 1. The monoisotopic (exact) mass is 429 g/mol. The molecule has 0 aliphatic heterocycles. The molecule has 3 rings (SSSR count). The molecule has 13 heteroatoms. The Kier molecular flexibility index (Phi) is 5.54. The van der Waals surface area contributed by atoms with Gasteiger partial charge in [0.15, 0.2) is 23.3 Å². The van der Waals surface area contributed by atoms with Gasteiger partial charge >= 0.3 is 5.97 Å². The second-order valence-corrected chi connectivity index (χ2v) is 6.10. The number of amides is 1. The first kappa shape index (κ1) is 21.0. The third-order valence-corrected chi connectivity index (χ3v) is 4.14. The SMILES string of the molecule is CC(C(=O)O)n1nccc1C(=O)Nc1cnn(Cc2c(F)c(F)c(F)c(F)c2F)c1. The summed E-state index contributed by atoms with van der Waals surface area (Å²) in [4.78, 5) is 23.5. The summed E-state index contributed by atoms with van der Waals surface area (Å²) < 4.78 is 69.1. The van der Waals surface area contributed by atoms with Gasteiger partial charge < -0.3 is 10.4 Å². The maximum Gasteiger partial charge on any atom is 0.328 e. The Hall–Kier alpha value is -3.77. The normalized spacial score (nSPS) is 12.1. The summed E-state index contributed by atoms with van der Waals surface area (Å²) in [6.07, 6.45) is 3.39. The molecule has 1 atom stereocenters. The number of hydrogen-bond acceptors (Lipinski definition) is 4. The standard InChI is InChI=1S/C17H12F5N5O3/c1-7(17(29)30)27-10(2-3-23-27)16(28)25-8-4-24-26(5-8)6-9-11(18)13(20)15(22)14(21)12(9)19/h2-5,7H,6H2,1H3,(H,25,28)(H,29,30). The van der Waals surface area contributed by atoms with Crippen LogP contribution in [-0.4, -0.2) is 36.5 Å². The van der Waals surface area contributed by atoms with Crippen LogP contribution in [0.2, 0.25) is 0 Å². The number of carboxylic acids is 1. The highest BCUT2D eigenvalue weighted by Crippen LogP contribution is 2.24. The molecule has 2 aromatic heterocycles. The highest BCUT2D eigenvalue weighted by molar-refractivity contribution is 6.03. The van der Waals surface area contributed by atoms with Crippen LogP contribution < -0.4 is 5.32 Å². The van der Waals surface area contributed by atoms with E-state index in [-0.39, 0.29) is 11.4 Å². The van der Waals surface area contributed by atoms with Crippen molar-refractivity contribution in [1.29, 1.82) is 0 Å². The molecule has 0 aliphatic carbocycles. The van der Waals surface area contributed by atoms with Crippen molar-refractivity contribution in [3.05, 3.63) is 65.0 Å². The number of rotatable bonds is 6. The van der Waals surface area contributed by atoms with Crippen LogP contribution in [-0.2, 0) is 11.3 Å². The number of carbonyl (C=O) groups excluding carboxylic acids is 1. The second kappa shape index (κ2) is 7.93. The molecule has 158 valence electrons. The van der Waals surface area contributed by atoms with E-state index in [1.54, 1.807) is 0 Å². The van der Waals surface area contributed by atoms with Crippen LogP contribution in [0.15, 0.2) is 24.7 Å². The van der Waals surface area contributed by atoms with Gasteiger partial charge in [-0.2, -0.15) is 10.2 Å². The summed E-state index contributed by atoms with van der Waals surface area (Å²) in [5.41, 5.74) is -1.15. The average molecular weight is 429 g/mol. The van der Waals surface area contributed by atoms with E-state index < -0.39 is 59.1 Å². The van der Waals surface area contributed by atoms with Gasteiger partial charge in [-0.3, -0.25) is 9.48 Å². The summed E-state index contributed by atoms with van der Waals surface area (Å²) in [6, 6.07) is 0.145. The average Bonchev–Trinajstić information content (AvgIpc) is 3.37. The van der Waals surface area contributed by atoms with Crippen molar-refractivity contribution in [2.75, 3.05) is 5.32 Å². The van der Waals surface area contributed by atoms with Crippen LogP contribution in [0, 0.1) is 29.1 Å². The summed E-state index contributed by atoms with van der Waals surface area (Å²) in [5.74, 6) is -12.4. The lowest BCUT2D eigenvalue weighted by atomic mass is 10.1. The molecule has 0 spiro atoms. The number of carboxylic acid groups (broad SMARTS) is 1. The third-order valence-electron chi connectivity index (χ3n) is 4.14. The lowest BCUT2D eigenvalue weighted by Crippen LogP contribution is -2.24. The molecule has 0 saturated carbocycles. The van der Waals surface area contributed by atoms with Crippen molar-refractivity contribution in [2.24, 2.45) is 0 Å². The van der Waals surface area contributed by atoms with E-state index in [1.165, 1.54) is 19.2 Å². The number of hydrogen-bond donors (Lipinski definition) is 2. The van der Waals surface area contributed by atoms with Gasteiger partial charge in [0.1, 0.15) is 11.7 Å². The lowest BCUT2D eigenvalue weighted by Gasteiger charge is -2.11. The van der Waals surface area contributed by atoms with Crippen molar-refractivity contribution in [2.45, 2.75) is 19.5 Å². The zero-order valence-corrected chi connectivity index (χ0v) is 15.0. The first-order chi connectivity index (χ1) is 14.1. The highest BCUT2D eigenvalue weighted by Gasteiger charge is 2.26. The molecule has 2 heterocycles. The minimum Gasteiger partial charge on any atom is -0.480 e. The Morgan fingerprint density at radius 1 is 1.07 bits per heavy atom. The molecule has 0 saturated heterocycles. The fourth-order valence-electron chi connectivity index (χ4n) is 2.57. The van der Waals surface area contributed by atoms with Gasteiger partial charge in [0.25, 0.3) is 5.91 Å². The fourth-order valence-corrected chi connectivity index (χ4v) is 2.57. The van der Waals surface area contributed by atoms with Gasteiger partial charge in [-0.15, -0.1) is 0 Å². The number of carbonyl (C=O) groups is 2. The van der Waals surface area contributed by atoms with Crippen LogP contribution in [0.25, 0.3) is 0 Å². The van der Waals surface area contributed by atoms with E-state index >= 15 is 0 Å². The van der Waals surface area contributed by atoms with Gasteiger partial charge in [0.2, 0.25) is 5.82 Å². The van der Waals surface area contributed by atoms with Crippen LogP contribution in [0.4, 0.5) is 27.6 Å². The molecule has 2 N–H and O–H groups in total. The summed E-state index contributed by atoms with van der Waals surface area (Å²) in [5, 5.41) is 18.9. The predicted octanol–water partition coefficient (Wildman–Crippen LogP) is 2.72. The zero-order chi connectivity index (χ0) is 22.2. The van der Waals surface area contributed by atoms with E-state index in [9.17, 15) is 31.5 Å². The molecule has 3 aromatic rings. The summed E-state index contributed by atoms with van der Waals surface area (Å²) >= 11 is 0. The minimum atomic E-state index is -2.27. The maximum absolute atomic E-state index is 13.8. The van der Waals surface area contributed by atoms with E-state index in [4.69, 9.17) is 5.11 Å². The lowest BCUT2D eigenvalue weighted by molar-refractivity contribution is -0.140. The Morgan fingerprint density at radius 2 is 1.67 bits per heavy atom. The Labute approximate surface area is 164 Å². The van der Waals surface area contributed by atoms with Crippen molar-refractivity contribution in [3.63, 3.8) is 0 Å². The van der Waals surface area contributed by atoms with E-state index in [1.807, 2.05) is 0 Å². The number of nitrogens with one attached hydrogen (secondary N) is 1. The van der Waals surface area contributed by atoms with Crippen LogP contribution in [0.5, 0.6) is 0 Å². The molecule has 0 fully saturated rings. The maximum atomic E-state index is 13.8. The molecular formula is C17H12F5N5O3.